The largest absolute Gasteiger partial charge is 0.497 e. The van der Waals surface area contributed by atoms with Crippen molar-refractivity contribution in [3.63, 3.8) is 0 Å². The molecule has 0 heterocycles. The fourth-order valence-corrected chi connectivity index (χ4v) is 2.58. The van der Waals surface area contributed by atoms with E-state index in [1.54, 1.807) is 55.1 Å². The number of amides is 1. The predicted octanol–water partition coefficient (Wildman–Crippen LogP) is 4.01. The molecule has 6 heteroatoms. The summed E-state index contributed by atoms with van der Waals surface area (Å²) in [6.45, 7) is 3.86. The zero-order valence-corrected chi connectivity index (χ0v) is 16.2. The zero-order valence-electron chi connectivity index (χ0n) is 16.2. The molecule has 0 unspecified atom stereocenters. The lowest BCUT2D eigenvalue weighted by Gasteiger charge is -2.17. The number of hydrogen-bond donors (Lipinski definition) is 3. The first-order chi connectivity index (χ1) is 13.5. The molecule has 2 aromatic carbocycles. The Hall–Kier alpha value is -3.09. The van der Waals surface area contributed by atoms with Crippen LogP contribution >= 0.6 is 0 Å². The topological polar surface area (TPSA) is 88.0 Å². The molecule has 0 saturated heterocycles. The van der Waals surface area contributed by atoms with Crippen molar-refractivity contribution < 1.29 is 24.6 Å². The minimum absolute atomic E-state index is 0.133. The van der Waals surface area contributed by atoms with Crippen molar-refractivity contribution in [1.29, 1.82) is 0 Å². The summed E-state index contributed by atoms with van der Waals surface area (Å²) < 4.78 is 11.3. The Morgan fingerprint density at radius 2 is 1.79 bits per heavy atom. The maximum Gasteiger partial charge on any atom is 0.267 e. The number of benzene rings is 2. The van der Waals surface area contributed by atoms with Crippen molar-refractivity contribution in [2.45, 2.75) is 26.9 Å². The third kappa shape index (κ3) is 5.70. The van der Waals surface area contributed by atoms with Crippen LogP contribution in [0.1, 0.15) is 30.5 Å². The second-order valence-electron chi connectivity index (χ2n) is 6.35. The molecule has 0 aliphatic heterocycles. The number of rotatable bonds is 8. The number of carbonyl (C=O) groups excluding carboxylic acids is 1. The van der Waals surface area contributed by atoms with Gasteiger partial charge in [0.1, 0.15) is 17.2 Å². The second kappa shape index (κ2) is 10.3. The quantitative estimate of drug-likeness (QED) is 0.277. The van der Waals surface area contributed by atoms with Crippen LogP contribution in [0.25, 0.3) is 6.08 Å². The van der Waals surface area contributed by atoms with E-state index < -0.39 is 5.91 Å². The van der Waals surface area contributed by atoms with E-state index in [-0.39, 0.29) is 6.61 Å². The standard InChI is InChI=1S/C22H25NO5/c1-15(2)4-12-20-17(14-24)6-5-16(7-13-21(25)23-26)22(20)28-19-10-8-18(27-3)9-11-19/h4-11,13,24,26H,12,14H2,1-3H3,(H,23,25)/b13-7+. The Labute approximate surface area is 164 Å². The van der Waals surface area contributed by atoms with Gasteiger partial charge in [0.15, 0.2) is 0 Å². The lowest BCUT2D eigenvalue weighted by molar-refractivity contribution is -0.124. The molecular weight excluding hydrogens is 358 g/mol. The van der Waals surface area contributed by atoms with Crippen LogP contribution in [-0.2, 0) is 17.8 Å². The van der Waals surface area contributed by atoms with Gasteiger partial charge in [-0.25, -0.2) is 5.48 Å². The highest BCUT2D eigenvalue weighted by Gasteiger charge is 2.14. The van der Waals surface area contributed by atoms with Crippen molar-refractivity contribution in [3.8, 4) is 17.2 Å². The fraction of sp³-hybridized carbons (Fsp3) is 0.227. The monoisotopic (exact) mass is 383 g/mol. The van der Waals surface area contributed by atoms with E-state index in [1.165, 1.54) is 6.08 Å². The molecule has 3 N–H and O–H groups in total. The predicted molar refractivity (Wildman–Crippen MR) is 108 cm³/mol. The Kier molecular flexibility index (Phi) is 7.80. The van der Waals surface area contributed by atoms with E-state index >= 15 is 0 Å². The van der Waals surface area contributed by atoms with Gasteiger partial charge in [0.25, 0.3) is 5.91 Å². The highest BCUT2D eigenvalue weighted by atomic mass is 16.5. The Bertz CT molecular complexity index is 865. The van der Waals surface area contributed by atoms with Gasteiger partial charge in [-0.05, 0) is 56.2 Å². The molecule has 0 saturated carbocycles. The van der Waals surface area contributed by atoms with Gasteiger partial charge in [-0.3, -0.25) is 10.0 Å². The molecule has 0 aliphatic carbocycles. The second-order valence-corrected chi connectivity index (χ2v) is 6.35. The van der Waals surface area contributed by atoms with Gasteiger partial charge >= 0.3 is 0 Å². The smallest absolute Gasteiger partial charge is 0.267 e. The molecule has 0 spiro atoms. The Morgan fingerprint density at radius 3 is 2.36 bits per heavy atom. The summed E-state index contributed by atoms with van der Waals surface area (Å²) in [5.74, 6) is 1.19. The summed E-state index contributed by atoms with van der Waals surface area (Å²) in [6.07, 6.45) is 5.37. The number of methoxy groups -OCH3 is 1. The molecule has 6 nitrogen and oxygen atoms in total. The summed E-state index contributed by atoms with van der Waals surface area (Å²) in [7, 11) is 1.59. The van der Waals surface area contributed by atoms with Gasteiger partial charge in [-0.15, -0.1) is 0 Å². The summed E-state index contributed by atoms with van der Waals surface area (Å²) in [4.78, 5) is 11.4. The molecule has 0 radical (unpaired) electrons. The zero-order chi connectivity index (χ0) is 20.5. The van der Waals surface area contributed by atoms with Gasteiger partial charge in [-0.1, -0.05) is 23.8 Å². The summed E-state index contributed by atoms with van der Waals surface area (Å²) in [5.41, 5.74) is 4.92. The first kappa shape index (κ1) is 21.2. The van der Waals surface area contributed by atoms with Gasteiger partial charge in [0.05, 0.1) is 13.7 Å². The van der Waals surface area contributed by atoms with E-state index in [9.17, 15) is 9.90 Å². The molecule has 2 aromatic rings. The number of hydroxylamine groups is 1. The summed E-state index contributed by atoms with van der Waals surface area (Å²) in [5, 5.41) is 18.5. The highest BCUT2D eigenvalue weighted by Crippen LogP contribution is 2.34. The van der Waals surface area contributed by atoms with Crippen LogP contribution in [0, 0.1) is 0 Å². The van der Waals surface area contributed by atoms with Gasteiger partial charge in [0, 0.05) is 17.2 Å². The number of allylic oxidation sites excluding steroid dienone is 2. The Morgan fingerprint density at radius 1 is 1.11 bits per heavy atom. The van der Waals surface area contributed by atoms with Crippen LogP contribution in [-0.4, -0.2) is 23.3 Å². The van der Waals surface area contributed by atoms with Crippen LogP contribution in [0.2, 0.25) is 0 Å². The van der Waals surface area contributed by atoms with Crippen LogP contribution in [0.3, 0.4) is 0 Å². The number of aliphatic hydroxyl groups is 1. The molecule has 0 aromatic heterocycles. The van der Waals surface area contributed by atoms with Crippen LogP contribution in [0.15, 0.2) is 54.1 Å². The summed E-state index contributed by atoms with van der Waals surface area (Å²) >= 11 is 0. The van der Waals surface area contributed by atoms with Crippen molar-refractivity contribution in [1.82, 2.24) is 5.48 Å². The Balaban J connectivity index is 2.54. The molecule has 0 fully saturated rings. The lowest BCUT2D eigenvalue weighted by Crippen LogP contribution is -2.14. The normalized spacial score (nSPS) is 10.6. The molecule has 28 heavy (non-hydrogen) atoms. The fourth-order valence-electron chi connectivity index (χ4n) is 2.58. The van der Waals surface area contributed by atoms with Crippen molar-refractivity contribution >= 4 is 12.0 Å². The van der Waals surface area contributed by atoms with Crippen molar-refractivity contribution in [2.75, 3.05) is 7.11 Å². The average molecular weight is 383 g/mol. The molecule has 148 valence electrons. The minimum Gasteiger partial charge on any atom is -0.497 e. The van der Waals surface area contributed by atoms with Crippen molar-refractivity contribution in [2.24, 2.45) is 0 Å². The minimum atomic E-state index is -0.646. The van der Waals surface area contributed by atoms with E-state index in [1.807, 2.05) is 19.9 Å². The van der Waals surface area contributed by atoms with Crippen LogP contribution in [0.4, 0.5) is 0 Å². The van der Waals surface area contributed by atoms with Crippen LogP contribution < -0.4 is 15.0 Å². The maximum absolute atomic E-state index is 11.4. The molecule has 0 aliphatic rings. The highest BCUT2D eigenvalue weighted by molar-refractivity contribution is 5.91. The van der Waals surface area contributed by atoms with E-state index in [0.717, 1.165) is 16.7 Å². The van der Waals surface area contributed by atoms with Gasteiger partial charge in [0.2, 0.25) is 0 Å². The first-order valence-electron chi connectivity index (χ1n) is 8.81. The average Bonchev–Trinajstić information content (AvgIpc) is 2.71. The number of carbonyl (C=O) groups is 1. The molecule has 0 bridgehead atoms. The van der Waals surface area contributed by atoms with Crippen LogP contribution in [0.5, 0.6) is 17.2 Å². The van der Waals surface area contributed by atoms with Gasteiger partial charge < -0.3 is 14.6 Å². The van der Waals surface area contributed by atoms with E-state index in [4.69, 9.17) is 14.7 Å². The number of aliphatic hydroxyl groups excluding tert-OH is 1. The number of ether oxygens (including phenoxy) is 2. The molecule has 1 amide bonds. The maximum atomic E-state index is 11.4. The SMILES string of the molecule is COc1ccc(Oc2c(/C=C/C(=O)NO)ccc(CO)c2CC=C(C)C)cc1. The summed E-state index contributed by atoms with van der Waals surface area (Å²) in [6, 6.07) is 10.7. The lowest BCUT2D eigenvalue weighted by atomic mass is 9.98. The first-order valence-corrected chi connectivity index (χ1v) is 8.81. The molecular formula is C22H25NO5. The molecule has 0 atom stereocenters. The van der Waals surface area contributed by atoms with E-state index in [2.05, 4.69) is 0 Å². The van der Waals surface area contributed by atoms with Crippen molar-refractivity contribution in [3.05, 3.63) is 70.8 Å². The number of hydrogen-bond acceptors (Lipinski definition) is 5. The van der Waals surface area contributed by atoms with Gasteiger partial charge in [-0.2, -0.15) is 0 Å². The third-order valence-electron chi connectivity index (χ3n) is 4.08. The molecule has 2 rings (SSSR count). The number of nitrogens with one attached hydrogen (secondary N) is 1. The third-order valence-corrected chi connectivity index (χ3v) is 4.08. The van der Waals surface area contributed by atoms with E-state index in [0.29, 0.717) is 29.2 Å².